The highest BCUT2D eigenvalue weighted by Crippen LogP contribution is 2.31. The van der Waals surface area contributed by atoms with Crippen molar-refractivity contribution < 1.29 is 14.1 Å². The molecule has 0 aliphatic carbocycles. The number of hydrogen-bond acceptors (Lipinski definition) is 5. The molecular formula is C13H12N4O3. The van der Waals surface area contributed by atoms with Crippen molar-refractivity contribution in [1.29, 1.82) is 0 Å². The number of benzene rings is 1. The molecule has 3 rings (SSSR count). The Balaban J connectivity index is 2.06. The van der Waals surface area contributed by atoms with Crippen LogP contribution in [0.15, 0.2) is 34.9 Å². The molecule has 1 aromatic heterocycles. The maximum absolute atomic E-state index is 12.0. The van der Waals surface area contributed by atoms with E-state index in [0.717, 1.165) is 0 Å². The van der Waals surface area contributed by atoms with Gasteiger partial charge in [0.25, 0.3) is 0 Å². The molecule has 2 aromatic rings. The van der Waals surface area contributed by atoms with Crippen molar-refractivity contribution in [2.45, 2.75) is 0 Å². The molecule has 1 aliphatic rings. The standard InChI is InChI=1S/C13H12N4O3/c14-11-7-9(16-20-11)8-3-1-2-4-10(8)17-6-5-15-12(18)13(17)19/h1-4,7H,5-6,14H2,(H,15,18). The number of anilines is 2. The van der Waals surface area contributed by atoms with Crippen molar-refractivity contribution in [2.75, 3.05) is 23.7 Å². The predicted molar refractivity (Wildman–Crippen MR) is 71.7 cm³/mol. The number of nitrogens with zero attached hydrogens (tertiary/aromatic N) is 2. The SMILES string of the molecule is Nc1cc(-c2ccccc2N2CCNC(=O)C2=O)no1. The minimum Gasteiger partial charge on any atom is -0.368 e. The first kappa shape index (κ1) is 12.2. The number of amides is 2. The monoisotopic (exact) mass is 272 g/mol. The molecule has 1 saturated heterocycles. The lowest BCUT2D eigenvalue weighted by Gasteiger charge is -2.27. The molecule has 1 fully saturated rings. The third kappa shape index (κ3) is 1.99. The van der Waals surface area contributed by atoms with Gasteiger partial charge in [-0.25, -0.2) is 0 Å². The highest BCUT2D eigenvalue weighted by Gasteiger charge is 2.29. The van der Waals surface area contributed by atoms with E-state index >= 15 is 0 Å². The van der Waals surface area contributed by atoms with Crippen molar-refractivity contribution in [3.63, 3.8) is 0 Å². The third-order valence-corrected chi connectivity index (χ3v) is 3.06. The van der Waals surface area contributed by atoms with E-state index in [1.807, 2.05) is 6.07 Å². The maximum Gasteiger partial charge on any atom is 0.316 e. The van der Waals surface area contributed by atoms with E-state index in [-0.39, 0.29) is 5.88 Å². The van der Waals surface area contributed by atoms with Gasteiger partial charge in [-0.3, -0.25) is 9.59 Å². The molecule has 0 saturated carbocycles. The molecule has 3 N–H and O–H groups in total. The van der Waals surface area contributed by atoms with Crippen molar-refractivity contribution in [3.05, 3.63) is 30.3 Å². The van der Waals surface area contributed by atoms with Gasteiger partial charge in [0.2, 0.25) is 5.88 Å². The molecule has 1 aromatic carbocycles. The Morgan fingerprint density at radius 1 is 1.30 bits per heavy atom. The van der Waals surface area contributed by atoms with Gasteiger partial charge in [-0.2, -0.15) is 0 Å². The summed E-state index contributed by atoms with van der Waals surface area (Å²) < 4.78 is 4.85. The predicted octanol–water partition coefficient (Wildman–Crippen LogP) is 0.387. The molecule has 1 aliphatic heterocycles. The van der Waals surface area contributed by atoms with Crippen LogP contribution in [0.3, 0.4) is 0 Å². The van der Waals surface area contributed by atoms with E-state index < -0.39 is 11.8 Å². The molecule has 102 valence electrons. The number of rotatable bonds is 2. The van der Waals surface area contributed by atoms with E-state index in [2.05, 4.69) is 10.5 Å². The van der Waals surface area contributed by atoms with Gasteiger partial charge in [-0.1, -0.05) is 23.4 Å². The second-order valence-electron chi connectivity index (χ2n) is 4.34. The topological polar surface area (TPSA) is 101 Å². The first-order valence-electron chi connectivity index (χ1n) is 6.08. The molecule has 0 radical (unpaired) electrons. The second kappa shape index (κ2) is 4.69. The molecule has 0 unspecified atom stereocenters. The molecule has 7 heteroatoms. The fourth-order valence-corrected chi connectivity index (χ4v) is 2.15. The third-order valence-electron chi connectivity index (χ3n) is 3.06. The largest absolute Gasteiger partial charge is 0.368 e. The zero-order chi connectivity index (χ0) is 14.1. The summed E-state index contributed by atoms with van der Waals surface area (Å²) in [7, 11) is 0. The molecule has 0 spiro atoms. The molecule has 0 bridgehead atoms. The first-order valence-corrected chi connectivity index (χ1v) is 6.08. The molecule has 2 amide bonds. The summed E-state index contributed by atoms with van der Waals surface area (Å²) in [6.07, 6.45) is 0. The van der Waals surface area contributed by atoms with E-state index in [9.17, 15) is 9.59 Å². The van der Waals surface area contributed by atoms with Crippen LogP contribution in [0.2, 0.25) is 0 Å². The number of nitrogens with two attached hydrogens (primary N) is 1. The number of carbonyl (C=O) groups excluding carboxylic acids is 2. The number of nitrogen functional groups attached to an aromatic ring is 1. The van der Waals surface area contributed by atoms with Crippen LogP contribution >= 0.6 is 0 Å². The van der Waals surface area contributed by atoms with Crippen LogP contribution in [-0.4, -0.2) is 30.1 Å². The number of carbonyl (C=O) groups is 2. The summed E-state index contributed by atoms with van der Waals surface area (Å²) in [6.45, 7) is 0.828. The van der Waals surface area contributed by atoms with Crippen LogP contribution in [0.5, 0.6) is 0 Å². The number of para-hydroxylation sites is 1. The summed E-state index contributed by atoms with van der Waals surface area (Å²) in [5.74, 6) is -0.997. The zero-order valence-corrected chi connectivity index (χ0v) is 10.5. The Kier molecular flexibility index (Phi) is 2.86. The van der Waals surface area contributed by atoms with Gasteiger partial charge in [-0.15, -0.1) is 0 Å². The number of piperazine rings is 1. The lowest BCUT2D eigenvalue weighted by atomic mass is 10.1. The Morgan fingerprint density at radius 3 is 2.85 bits per heavy atom. The van der Waals surface area contributed by atoms with Crippen molar-refractivity contribution >= 4 is 23.4 Å². The zero-order valence-electron chi connectivity index (χ0n) is 10.5. The van der Waals surface area contributed by atoms with Gasteiger partial charge in [-0.05, 0) is 6.07 Å². The fraction of sp³-hybridized carbons (Fsp3) is 0.154. The maximum atomic E-state index is 12.0. The Bertz CT molecular complexity index is 680. The van der Waals surface area contributed by atoms with Crippen molar-refractivity contribution in [3.8, 4) is 11.3 Å². The lowest BCUT2D eigenvalue weighted by Crippen LogP contribution is -2.52. The minimum absolute atomic E-state index is 0.192. The van der Waals surface area contributed by atoms with Gasteiger partial charge in [0.15, 0.2) is 0 Å². The average Bonchev–Trinajstić information content (AvgIpc) is 2.88. The average molecular weight is 272 g/mol. The van der Waals surface area contributed by atoms with E-state index in [1.54, 1.807) is 24.3 Å². The van der Waals surface area contributed by atoms with E-state index in [1.165, 1.54) is 4.90 Å². The van der Waals surface area contributed by atoms with Crippen LogP contribution in [-0.2, 0) is 9.59 Å². The molecule has 7 nitrogen and oxygen atoms in total. The van der Waals surface area contributed by atoms with Crippen LogP contribution in [0.4, 0.5) is 11.6 Å². The Labute approximate surface area is 114 Å². The summed E-state index contributed by atoms with van der Waals surface area (Å²) in [5, 5.41) is 6.36. The molecule has 20 heavy (non-hydrogen) atoms. The Morgan fingerprint density at radius 2 is 2.10 bits per heavy atom. The highest BCUT2D eigenvalue weighted by molar-refractivity contribution is 6.41. The lowest BCUT2D eigenvalue weighted by molar-refractivity contribution is -0.138. The minimum atomic E-state index is -0.606. The van der Waals surface area contributed by atoms with Crippen LogP contribution in [0.25, 0.3) is 11.3 Å². The second-order valence-corrected chi connectivity index (χ2v) is 4.34. The van der Waals surface area contributed by atoms with E-state index in [4.69, 9.17) is 10.3 Å². The van der Waals surface area contributed by atoms with Gasteiger partial charge in [0.1, 0.15) is 5.69 Å². The Hall–Kier alpha value is -2.83. The molecular weight excluding hydrogens is 260 g/mol. The van der Waals surface area contributed by atoms with Crippen molar-refractivity contribution in [1.82, 2.24) is 10.5 Å². The smallest absolute Gasteiger partial charge is 0.316 e. The van der Waals surface area contributed by atoms with Gasteiger partial charge in [0, 0.05) is 24.7 Å². The van der Waals surface area contributed by atoms with E-state index in [0.29, 0.717) is 30.0 Å². The summed E-state index contributed by atoms with van der Waals surface area (Å²) in [5.41, 5.74) is 7.35. The number of aromatic nitrogens is 1. The molecule has 0 atom stereocenters. The van der Waals surface area contributed by atoms with Crippen LogP contribution < -0.4 is 16.0 Å². The van der Waals surface area contributed by atoms with Crippen molar-refractivity contribution in [2.24, 2.45) is 0 Å². The van der Waals surface area contributed by atoms with Crippen LogP contribution in [0, 0.1) is 0 Å². The quantitative estimate of drug-likeness (QED) is 0.770. The highest BCUT2D eigenvalue weighted by atomic mass is 16.5. The van der Waals surface area contributed by atoms with Crippen LogP contribution in [0.1, 0.15) is 0 Å². The summed E-state index contributed by atoms with van der Waals surface area (Å²) in [4.78, 5) is 24.9. The first-order chi connectivity index (χ1) is 9.66. The summed E-state index contributed by atoms with van der Waals surface area (Å²) >= 11 is 0. The normalized spacial score (nSPS) is 15.3. The molecule has 2 heterocycles. The number of hydrogen-bond donors (Lipinski definition) is 2. The van der Waals surface area contributed by atoms with Gasteiger partial charge < -0.3 is 20.5 Å². The summed E-state index contributed by atoms with van der Waals surface area (Å²) in [6, 6.07) is 8.75. The number of nitrogens with one attached hydrogen (secondary N) is 1. The van der Waals surface area contributed by atoms with Gasteiger partial charge in [0.05, 0.1) is 5.69 Å². The fourth-order valence-electron chi connectivity index (χ4n) is 2.15. The van der Waals surface area contributed by atoms with Gasteiger partial charge >= 0.3 is 11.8 Å².